The van der Waals surface area contributed by atoms with Crippen LogP contribution in [0.25, 0.3) is 0 Å². The van der Waals surface area contributed by atoms with Gasteiger partial charge in [0, 0.05) is 18.3 Å². The Kier molecular flexibility index (Phi) is 2.52. The molecule has 1 fully saturated rings. The van der Waals surface area contributed by atoms with E-state index in [9.17, 15) is 0 Å². The highest BCUT2D eigenvalue weighted by molar-refractivity contribution is 5.37. The summed E-state index contributed by atoms with van der Waals surface area (Å²) < 4.78 is 5.00. The minimum atomic E-state index is 0.434. The SMILES string of the molecule is COc1nc(C)cc(NCC2CC2)n1. The van der Waals surface area contributed by atoms with Crippen LogP contribution in [0.5, 0.6) is 6.01 Å². The first kappa shape index (κ1) is 9.24. The lowest BCUT2D eigenvalue weighted by Gasteiger charge is -2.06. The average molecular weight is 193 g/mol. The third-order valence-corrected chi connectivity index (χ3v) is 2.29. The number of nitrogens with one attached hydrogen (secondary N) is 1. The third-order valence-electron chi connectivity index (χ3n) is 2.29. The molecule has 0 radical (unpaired) electrons. The van der Waals surface area contributed by atoms with Crippen LogP contribution < -0.4 is 10.1 Å². The molecule has 14 heavy (non-hydrogen) atoms. The summed E-state index contributed by atoms with van der Waals surface area (Å²) in [6.45, 7) is 2.95. The van der Waals surface area contributed by atoms with Crippen LogP contribution in [0, 0.1) is 12.8 Å². The Labute approximate surface area is 83.7 Å². The lowest BCUT2D eigenvalue weighted by atomic mass is 10.4. The molecule has 1 aliphatic rings. The summed E-state index contributed by atoms with van der Waals surface area (Å²) in [6, 6.07) is 2.37. The first-order valence-corrected chi connectivity index (χ1v) is 4.91. The van der Waals surface area contributed by atoms with Crippen LogP contribution in [0.2, 0.25) is 0 Å². The zero-order chi connectivity index (χ0) is 9.97. The standard InChI is InChI=1S/C10H15N3O/c1-7-5-9(11-6-8-3-4-8)13-10(12-7)14-2/h5,8H,3-4,6H2,1-2H3,(H,11,12,13). The molecule has 4 nitrogen and oxygen atoms in total. The molecule has 1 heterocycles. The first-order chi connectivity index (χ1) is 6.78. The third kappa shape index (κ3) is 2.34. The highest BCUT2D eigenvalue weighted by Gasteiger charge is 2.20. The highest BCUT2D eigenvalue weighted by atomic mass is 16.5. The number of nitrogens with zero attached hydrogens (tertiary/aromatic N) is 2. The summed E-state index contributed by atoms with van der Waals surface area (Å²) in [7, 11) is 1.58. The number of hydrogen-bond acceptors (Lipinski definition) is 4. The van der Waals surface area contributed by atoms with E-state index in [-0.39, 0.29) is 0 Å². The lowest BCUT2D eigenvalue weighted by Crippen LogP contribution is -2.06. The molecule has 0 atom stereocenters. The highest BCUT2D eigenvalue weighted by Crippen LogP contribution is 2.28. The Morgan fingerprint density at radius 2 is 2.29 bits per heavy atom. The maximum absolute atomic E-state index is 5.00. The van der Waals surface area contributed by atoms with Crippen molar-refractivity contribution in [3.63, 3.8) is 0 Å². The maximum Gasteiger partial charge on any atom is 0.318 e. The molecule has 0 spiro atoms. The molecule has 4 heteroatoms. The van der Waals surface area contributed by atoms with Crippen molar-refractivity contribution in [1.29, 1.82) is 0 Å². The Balaban J connectivity index is 2.03. The molecule has 0 unspecified atom stereocenters. The van der Waals surface area contributed by atoms with Crippen LogP contribution >= 0.6 is 0 Å². The Morgan fingerprint density at radius 1 is 1.50 bits per heavy atom. The van der Waals surface area contributed by atoms with Crippen LogP contribution in [-0.2, 0) is 0 Å². The summed E-state index contributed by atoms with van der Waals surface area (Å²) in [4.78, 5) is 8.33. The first-order valence-electron chi connectivity index (χ1n) is 4.91. The van der Waals surface area contributed by atoms with Gasteiger partial charge in [0.1, 0.15) is 5.82 Å². The van der Waals surface area contributed by atoms with Crippen LogP contribution in [0.1, 0.15) is 18.5 Å². The second-order valence-electron chi connectivity index (χ2n) is 3.71. The number of anilines is 1. The largest absolute Gasteiger partial charge is 0.467 e. The van der Waals surface area contributed by atoms with Crippen molar-refractivity contribution < 1.29 is 4.74 Å². The van der Waals surface area contributed by atoms with Gasteiger partial charge in [-0.05, 0) is 25.7 Å². The molecule has 0 saturated heterocycles. The fourth-order valence-electron chi connectivity index (χ4n) is 1.29. The van der Waals surface area contributed by atoms with Gasteiger partial charge in [0.15, 0.2) is 0 Å². The van der Waals surface area contributed by atoms with Gasteiger partial charge in [-0.25, -0.2) is 4.98 Å². The van der Waals surface area contributed by atoms with Crippen molar-refractivity contribution >= 4 is 5.82 Å². The van der Waals surface area contributed by atoms with Crippen molar-refractivity contribution in [3.8, 4) is 6.01 Å². The van der Waals surface area contributed by atoms with E-state index in [0.717, 1.165) is 24.0 Å². The van der Waals surface area contributed by atoms with Crippen molar-refractivity contribution in [2.45, 2.75) is 19.8 Å². The molecule has 1 N–H and O–H groups in total. The minimum absolute atomic E-state index is 0.434. The average Bonchev–Trinajstić information content (AvgIpc) is 2.97. The van der Waals surface area contributed by atoms with Crippen LogP contribution in [0.15, 0.2) is 6.07 Å². The van der Waals surface area contributed by atoms with Gasteiger partial charge in [0.2, 0.25) is 0 Å². The van der Waals surface area contributed by atoms with Gasteiger partial charge in [0.05, 0.1) is 7.11 Å². The summed E-state index contributed by atoms with van der Waals surface area (Å²) >= 11 is 0. The van der Waals surface area contributed by atoms with Crippen molar-refractivity contribution in [3.05, 3.63) is 11.8 Å². The molecular formula is C10H15N3O. The van der Waals surface area contributed by atoms with Crippen molar-refractivity contribution in [2.24, 2.45) is 5.92 Å². The molecule has 0 aromatic carbocycles. The van der Waals surface area contributed by atoms with E-state index in [1.165, 1.54) is 12.8 Å². The van der Waals surface area contributed by atoms with Gasteiger partial charge < -0.3 is 10.1 Å². The zero-order valence-electron chi connectivity index (χ0n) is 8.58. The van der Waals surface area contributed by atoms with Gasteiger partial charge in [-0.3, -0.25) is 0 Å². The van der Waals surface area contributed by atoms with E-state index in [1.807, 2.05) is 13.0 Å². The molecule has 1 saturated carbocycles. The number of rotatable bonds is 4. The molecule has 1 aromatic rings. The quantitative estimate of drug-likeness (QED) is 0.789. The molecule has 0 bridgehead atoms. The van der Waals surface area contributed by atoms with E-state index in [2.05, 4.69) is 15.3 Å². The van der Waals surface area contributed by atoms with Gasteiger partial charge in [-0.1, -0.05) is 0 Å². The van der Waals surface area contributed by atoms with E-state index >= 15 is 0 Å². The van der Waals surface area contributed by atoms with Crippen molar-refractivity contribution in [2.75, 3.05) is 19.0 Å². The predicted octanol–water partition coefficient (Wildman–Crippen LogP) is 1.62. The number of methoxy groups -OCH3 is 1. The van der Waals surface area contributed by atoms with E-state index < -0.39 is 0 Å². The molecule has 76 valence electrons. The molecule has 1 aromatic heterocycles. The number of hydrogen-bond donors (Lipinski definition) is 1. The van der Waals surface area contributed by atoms with Gasteiger partial charge in [-0.2, -0.15) is 4.98 Å². The number of ether oxygens (including phenoxy) is 1. The normalized spacial score (nSPS) is 15.3. The van der Waals surface area contributed by atoms with Crippen molar-refractivity contribution in [1.82, 2.24) is 9.97 Å². The van der Waals surface area contributed by atoms with Gasteiger partial charge >= 0.3 is 6.01 Å². The molecule has 2 rings (SSSR count). The van der Waals surface area contributed by atoms with Crippen LogP contribution in [0.4, 0.5) is 5.82 Å². The Bertz CT molecular complexity index is 323. The number of aryl methyl sites for hydroxylation is 1. The minimum Gasteiger partial charge on any atom is -0.467 e. The van der Waals surface area contributed by atoms with E-state index in [0.29, 0.717) is 6.01 Å². The second-order valence-corrected chi connectivity index (χ2v) is 3.71. The predicted molar refractivity (Wildman–Crippen MR) is 54.5 cm³/mol. The Hall–Kier alpha value is -1.32. The zero-order valence-corrected chi connectivity index (χ0v) is 8.58. The smallest absolute Gasteiger partial charge is 0.318 e. The maximum atomic E-state index is 5.00. The van der Waals surface area contributed by atoms with Crippen LogP contribution in [-0.4, -0.2) is 23.6 Å². The lowest BCUT2D eigenvalue weighted by molar-refractivity contribution is 0.379. The number of aromatic nitrogens is 2. The molecule has 1 aliphatic carbocycles. The summed E-state index contributed by atoms with van der Waals surface area (Å²) in [5.41, 5.74) is 0.926. The molecular weight excluding hydrogens is 178 g/mol. The van der Waals surface area contributed by atoms with Gasteiger partial charge in [0.25, 0.3) is 0 Å². The summed E-state index contributed by atoms with van der Waals surface area (Å²) in [5, 5.41) is 3.29. The molecule has 0 aliphatic heterocycles. The van der Waals surface area contributed by atoms with E-state index in [4.69, 9.17) is 4.74 Å². The van der Waals surface area contributed by atoms with Gasteiger partial charge in [-0.15, -0.1) is 0 Å². The summed E-state index contributed by atoms with van der Waals surface area (Å²) in [5.74, 6) is 1.71. The van der Waals surface area contributed by atoms with Crippen LogP contribution in [0.3, 0.4) is 0 Å². The fraction of sp³-hybridized carbons (Fsp3) is 0.600. The second kappa shape index (κ2) is 3.82. The van der Waals surface area contributed by atoms with E-state index in [1.54, 1.807) is 7.11 Å². The Morgan fingerprint density at radius 3 is 2.93 bits per heavy atom. The monoisotopic (exact) mass is 193 g/mol. The topological polar surface area (TPSA) is 47.0 Å². The molecule has 0 amide bonds. The fourth-order valence-corrected chi connectivity index (χ4v) is 1.29. The summed E-state index contributed by atoms with van der Waals surface area (Å²) in [6.07, 6.45) is 2.68.